The number of hydrogen-bond donors (Lipinski definition) is 0. The molecule has 1 aliphatic rings. The number of carbonyl (C=O) groups is 2. The molecule has 0 saturated carbocycles. The molecular formula is C18H21F3N2O3. The Kier molecular flexibility index (Phi) is 6.28. The zero-order chi connectivity index (χ0) is 19.3. The Balaban J connectivity index is 2.39. The topological polar surface area (TPSA) is 49.9 Å². The van der Waals surface area contributed by atoms with Crippen LogP contribution in [0.2, 0.25) is 0 Å². The predicted octanol–water partition coefficient (Wildman–Crippen LogP) is 3.54. The molecule has 0 spiro atoms. The van der Waals surface area contributed by atoms with Gasteiger partial charge in [-0.05, 0) is 37.5 Å². The van der Waals surface area contributed by atoms with Crippen LogP contribution >= 0.6 is 0 Å². The van der Waals surface area contributed by atoms with Crippen LogP contribution in [0.5, 0.6) is 0 Å². The van der Waals surface area contributed by atoms with Gasteiger partial charge in [-0.1, -0.05) is 12.7 Å². The van der Waals surface area contributed by atoms with E-state index in [2.05, 4.69) is 6.58 Å². The first-order chi connectivity index (χ1) is 12.3. The Hall–Kier alpha value is -2.51. The van der Waals surface area contributed by atoms with Crippen LogP contribution < -0.4 is 9.80 Å². The van der Waals surface area contributed by atoms with Crippen LogP contribution in [0.4, 0.5) is 24.5 Å². The van der Waals surface area contributed by atoms with E-state index in [4.69, 9.17) is 4.74 Å². The summed E-state index contributed by atoms with van der Waals surface area (Å²) in [5, 5.41) is 0. The molecule has 0 bridgehead atoms. The van der Waals surface area contributed by atoms with Gasteiger partial charge in [-0.3, -0.25) is 4.79 Å². The van der Waals surface area contributed by atoms with Gasteiger partial charge in [0.25, 0.3) is 0 Å². The highest BCUT2D eigenvalue weighted by Crippen LogP contribution is 2.30. The summed E-state index contributed by atoms with van der Waals surface area (Å²) >= 11 is 0. The average molecular weight is 370 g/mol. The van der Waals surface area contributed by atoms with Crippen molar-refractivity contribution in [3.05, 3.63) is 36.4 Å². The third-order valence-corrected chi connectivity index (χ3v) is 4.16. The van der Waals surface area contributed by atoms with E-state index >= 15 is 0 Å². The SMILES string of the molecule is C=CCOC(=O)c1cc(N(C)C(=O)C(F)(F)F)ccc1N1CCCCC1. The van der Waals surface area contributed by atoms with E-state index < -0.39 is 18.1 Å². The lowest BCUT2D eigenvalue weighted by Crippen LogP contribution is -2.38. The van der Waals surface area contributed by atoms with E-state index in [1.165, 1.54) is 18.2 Å². The van der Waals surface area contributed by atoms with Crippen LogP contribution in [0.15, 0.2) is 30.9 Å². The fraction of sp³-hybridized carbons (Fsp3) is 0.444. The maximum absolute atomic E-state index is 12.7. The van der Waals surface area contributed by atoms with Gasteiger partial charge in [0.15, 0.2) is 0 Å². The number of esters is 1. The lowest BCUT2D eigenvalue weighted by atomic mass is 10.1. The van der Waals surface area contributed by atoms with Gasteiger partial charge in [0.2, 0.25) is 0 Å². The third-order valence-electron chi connectivity index (χ3n) is 4.16. The van der Waals surface area contributed by atoms with E-state index in [9.17, 15) is 22.8 Å². The number of rotatable bonds is 5. The number of hydrogen-bond acceptors (Lipinski definition) is 4. The number of piperidine rings is 1. The minimum atomic E-state index is -5.00. The molecule has 1 aromatic rings. The van der Waals surface area contributed by atoms with Crippen molar-refractivity contribution in [1.29, 1.82) is 0 Å². The molecule has 0 N–H and O–H groups in total. The van der Waals surface area contributed by atoms with E-state index in [1.807, 2.05) is 4.90 Å². The molecule has 1 aromatic carbocycles. The fourth-order valence-electron chi connectivity index (χ4n) is 2.83. The largest absolute Gasteiger partial charge is 0.471 e. The molecule has 0 unspecified atom stereocenters. The number of nitrogens with zero attached hydrogens (tertiary/aromatic N) is 2. The molecule has 0 aliphatic carbocycles. The normalized spacial score (nSPS) is 14.7. The number of amides is 1. The lowest BCUT2D eigenvalue weighted by molar-refractivity contribution is -0.170. The van der Waals surface area contributed by atoms with Gasteiger partial charge in [-0.2, -0.15) is 13.2 Å². The van der Waals surface area contributed by atoms with E-state index in [0.29, 0.717) is 10.6 Å². The van der Waals surface area contributed by atoms with Crippen LogP contribution in [-0.4, -0.2) is 44.8 Å². The van der Waals surface area contributed by atoms with Gasteiger partial charge in [-0.15, -0.1) is 0 Å². The van der Waals surface area contributed by atoms with Gasteiger partial charge >= 0.3 is 18.1 Å². The minimum absolute atomic E-state index is 0.0141. The number of anilines is 2. The lowest BCUT2D eigenvalue weighted by Gasteiger charge is -2.31. The molecule has 26 heavy (non-hydrogen) atoms. The van der Waals surface area contributed by atoms with E-state index in [1.54, 1.807) is 6.07 Å². The Bertz CT molecular complexity index is 683. The maximum Gasteiger partial charge on any atom is 0.471 e. The zero-order valence-corrected chi connectivity index (χ0v) is 14.5. The molecule has 5 nitrogen and oxygen atoms in total. The Labute approximate surface area is 150 Å². The first-order valence-electron chi connectivity index (χ1n) is 8.27. The van der Waals surface area contributed by atoms with Crippen molar-refractivity contribution in [2.45, 2.75) is 25.4 Å². The third kappa shape index (κ3) is 4.56. The van der Waals surface area contributed by atoms with Crippen molar-refractivity contribution in [3.63, 3.8) is 0 Å². The minimum Gasteiger partial charge on any atom is -0.458 e. The molecule has 2 rings (SSSR count). The molecule has 1 amide bonds. The molecule has 1 heterocycles. The molecule has 142 valence electrons. The van der Waals surface area contributed by atoms with Crippen molar-refractivity contribution in [3.8, 4) is 0 Å². The summed E-state index contributed by atoms with van der Waals surface area (Å²) in [7, 11) is 1.02. The fourth-order valence-corrected chi connectivity index (χ4v) is 2.83. The molecule has 0 aromatic heterocycles. The number of halogens is 3. The molecule has 0 atom stereocenters. The highest BCUT2D eigenvalue weighted by molar-refractivity contribution is 6.01. The summed E-state index contributed by atoms with van der Waals surface area (Å²) in [4.78, 5) is 26.3. The molecule has 1 fully saturated rings. The molecule has 1 saturated heterocycles. The number of ether oxygens (including phenoxy) is 1. The van der Waals surface area contributed by atoms with Gasteiger partial charge < -0.3 is 14.5 Å². The van der Waals surface area contributed by atoms with Crippen LogP contribution in [0.1, 0.15) is 29.6 Å². The van der Waals surface area contributed by atoms with E-state index in [-0.39, 0.29) is 17.9 Å². The number of alkyl halides is 3. The second-order valence-electron chi connectivity index (χ2n) is 6.00. The Morgan fingerprint density at radius 3 is 2.50 bits per heavy atom. The van der Waals surface area contributed by atoms with Gasteiger partial charge in [0.1, 0.15) is 6.61 Å². The Morgan fingerprint density at radius 2 is 1.92 bits per heavy atom. The summed E-state index contributed by atoms with van der Waals surface area (Å²) in [6, 6.07) is 4.22. The van der Waals surface area contributed by atoms with Crippen LogP contribution in [0.25, 0.3) is 0 Å². The van der Waals surface area contributed by atoms with Crippen LogP contribution in [-0.2, 0) is 9.53 Å². The van der Waals surface area contributed by atoms with Gasteiger partial charge in [0, 0.05) is 25.8 Å². The molecular weight excluding hydrogens is 349 g/mol. The molecule has 0 radical (unpaired) electrons. The number of carbonyl (C=O) groups excluding carboxylic acids is 2. The summed E-state index contributed by atoms with van der Waals surface area (Å²) in [6.07, 6.45) is -0.566. The summed E-state index contributed by atoms with van der Waals surface area (Å²) < 4.78 is 43.1. The van der Waals surface area contributed by atoms with Crippen LogP contribution in [0, 0.1) is 0 Å². The predicted molar refractivity (Wildman–Crippen MR) is 92.5 cm³/mol. The first-order valence-corrected chi connectivity index (χ1v) is 8.27. The second kappa shape index (κ2) is 8.25. The smallest absolute Gasteiger partial charge is 0.458 e. The summed E-state index contributed by atoms with van der Waals surface area (Å²) in [5.41, 5.74) is 0.696. The zero-order valence-electron chi connectivity index (χ0n) is 14.5. The number of benzene rings is 1. The average Bonchev–Trinajstić information content (AvgIpc) is 2.64. The quantitative estimate of drug-likeness (QED) is 0.588. The van der Waals surface area contributed by atoms with Crippen molar-refractivity contribution in [2.24, 2.45) is 0 Å². The standard InChI is InChI=1S/C18H21F3N2O3/c1-3-11-26-16(24)14-12-13(22(2)17(25)18(19,20)21)7-8-15(14)23-9-5-4-6-10-23/h3,7-8,12H,1,4-6,9-11H2,2H3. The van der Waals surface area contributed by atoms with Crippen LogP contribution in [0.3, 0.4) is 0 Å². The maximum atomic E-state index is 12.7. The highest BCUT2D eigenvalue weighted by atomic mass is 19.4. The van der Waals surface area contributed by atoms with Gasteiger partial charge in [-0.25, -0.2) is 4.79 Å². The molecule has 1 aliphatic heterocycles. The van der Waals surface area contributed by atoms with Crippen molar-refractivity contribution in [2.75, 3.05) is 36.5 Å². The highest BCUT2D eigenvalue weighted by Gasteiger charge is 2.42. The van der Waals surface area contributed by atoms with Crippen molar-refractivity contribution < 1.29 is 27.5 Å². The van der Waals surface area contributed by atoms with Crippen molar-refractivity contribution in [1.82, 2.24) is 0 Å². The first kappa shape index (κ1) is 19.8. The second-order valence-corrected chi connectivity index (χ2v) is 6.00. The monoisotopic (exact) mass is 370 g/mol. The van der Waals surface area contributed by atoms with E-state index in [0.717, 1.165) is 39.4 Å². The van der Waals surface area contributed by atoms with Crippen molar-refractivity contribution >= 4 is 23.3 Å². The molecule has 8 heteroatoms. The Morgan fingerprint density at radius 1 is 1.27 bits per heavy atom. The summed E-state index contributed by atoms with van der Waals surface area (Å²) in [6.45, 7) is 4.95. The summed E-state index contributed by atoms with van der Waals surface area (Å²) in [5.74, 6) is -2.67. The van der Waals surface area contributed by atoms with Gasteiger partial charge in [0.05, 0.1) is 11.3 Å².